The fourth-order valence-electron chi connectivity index (χ4n) is 2.81. The number of hydrogen-bond acceptors (Lipinski definition) is 5. The molecule has 2 aromatic heterocycles. The van der Waals surface area contributed by atoms with Crippen molar-refractivity contribution in [3.63, 3.8) is 0 Å². The molecule has 136 valence electrons. The Morgan fingerprint density at radius 2 is 2.00 bits per heavy atom. The maximum atomic E-state index is 12.8. The molecule has 0 saturated carbocycles. The zero-order valence-electron chi connectivity index (χ0n) is 14.4. The summed E-state index contributed by atoms with van der Waals surface area (Å²) in [7, 11) is 1.59. The van der Waals surface area contributed by atoms with Crippen molar-refractivity contribution < 1.29 is 13.9 Å². The van der Waals surface area contributed by atoms with E-state index >= 15 is 0 Å². The van der Waals surface area contributed by atoms with E-state index in [1.807, 2.05) is 53.9 Å². The first-order valence-corrected chi connectivity index (χ1v) is 9.85. The van der Waals surface area contributed by atoms with Crippen LogP contribution in [0.25, 0.3) is 22.2 Å². The van der Waals surface area contributed by atoms with Gasteiger partial charge >= 0.3 is 0 Å². The van der Waals surface area contributed by atoms with Gasteiger partial charge in [-0.05, 0) is 18.2 Å². The van der Waals surface area contributed by atoms with Crippen molar-refractivity contribution in [3.05, 3.63) is 69.7 Å². The Labute approximate surface area is 168 Å². The highest BCUT2D eigenvalue weighted by atomic mass is 79.9. The molecular formula is C20H15BrN2O3S. The zero-order valence-corrected chi connectivity index (χ0v) is 16.8. The van der Waals surface area contributed by atoms with E-state index in [1.165, 1.54) is 11.3 Å². The van der Waals surface area contributed by atoms with Crippen LogP contribution in [0.2, 0.25) is 0 Å². The van der Waals surface area contributed by atoms with Gasteiger partial charge in [-0.25, -0.2) is 4.98 Å². The van der Waals surface area contributed by atoms with Gasteiger partial charge in [0.05, 0.1) is 12.3 Å². The van der Waals surface area contributed by atoms with Crippen molar-refractivity contribution in [3.8, 4) is 11.3 Å². The van der Waals surface area contributed by atoms with Crippen LogP contribution in [-0.2, 0) is 11.3 Å². The smallest absolute Gasteiger partial charge is 0.293 e. The van der Waals surface area contributed by atoms with Crippen molar-refractivity contribution in [1.29, 1.82) is 0 Å². The van der Waals surface area contributed by atoms with Gasteiger partial charge in [-0.1, -0.05) is 46.3 Å². The highest BCUT2D eigenvalue weighted by molar-refractivity contribution is 9.10. The van der Waals surface area contributed by atoms with Crippen LogP contribution in [0.3, 0.4) is 0 Å². The summed E-state index contributed by atoms with van der Waals surface area (Å²) in [5.74, 6) is -0.0894. The fraction of sp³-hybridized carbons (Fsp3) is 0.100. The SMILES string of the molecule is COCc1c(C(=O)Nc2nc(-c3ccc(Br)cc3)cs2)oc2ccccc12. The number of furan rings is 1. The van der Waals surface area contributed by atoms with Crippen molar-refractivity contribution >= 4 is 49.3 Å². The minimum absolute atomic E-state index is 0.249. The third-order valence-corrected chi connectivity index (χ3v) is 5.34. The molecule has 0 bridgehead atoms. The lowest BCUT2D eigenvalue weighted by molar-refractivity contribution is 0.0992. The Balaban J connectivity index is 1.60. The van der Waals surface area contributed by atoms with E-state index in [-0.39, 0.29) is 11.7 Å². The van der Waals surface area contributed by atoms with Gasteiger partial charge in [0.1, 0.15) is 5.58 Å². The van der Waals surface area contributed by atoms with Crippen molar-refractivity contribution in [2.24, 2.45) is 0 Å². The second kappa shape index (κ2) is 7.64. The average Bonchev–Trinajstić information content (AvgIpc) is 3.28. The van der Waals surface area contributed by atoms with Gasteiger partial charge in [-0.2, -0.15) is 0 Å². The number of hydrogen-bond donors (Lipinski definition) is 1. The summed E-state index contributed by atoms with van der Waals surface area (Å²) in [6.07, 6.45) is 0. The predicted molar refractivity (Wildman–Crippen MR) is 110 cm³/mol. The number of para-hydroxylation sites is 1. The predicted octanol–water partition coefficient (Wildman–Crippen LogP) is 5.72. The third kappa shape index (κ3) is 3.66. The van der Waals surface area contributed by atoms with Crippen LogP contribution in [-0.4, -0.2) is 18.0 Å². The number of anilines is 1. The molecule has 0 aliphatic heterocycles. The van der Waals surface area contributed by atoms with E-state index in [2.05, 4.69) is 26.2 Å². The van der Waals surface area contributed by atoms with Gasteiger partial charge < -0.3 is 9.15 Å². The number of fused-ring (bicyclic) bond motifs is 1. The maximum absolute atomic E-state index is 12.8. The van der Waals surface area contributed by atoms with Crippen LogP contribution in [0.4, 0.5) is 5.13 Å². The summed E-state index contributed by atoms with van der Waals surface area (Å²) >= 11 is 4.79. The van der Waals surface area contributed by atoms with Gasteiger partial charge in [0.25, 0.3) is 5.91 Å². The molecule has 0 spiro atoms. The highest BCUT2D eigenvalue weighted by Gasteiger charge is 2.21. The Morgan fingerprint density at radius 1 is 1.22 bits per heavy atom. The molecule has 27 heavy (non-hydrogen) atoms. The van der Waals surface area contributed by atoms with E-state index in [0.717, 1.165) is 26.7 Å². The van der Waals surface area contributed by atoms with E-state index in [1.54, 1.807) is 7.11 Å². The van der Waals surface area contributed by atoms with Gasteiger partial charge in [-0.15, -0.1) is 11.3 Å². The second-order valence-electron chi connectivity index (χ2n) is 5.84. The minimum Gasteiger partial charge on any atom is -0.451 e. The fourth-order valence-corrected chi connectivity index (χ4v) is 3.79. The van der Waals surface area contributed by atoms with Gasteiger partial charge in [0, 0.05) is 33.5 Å². The number of amides is 1. The number of nitrogens with zero attached hydrogens (tertiary/aromatic N) is 1. The molecule has 5 nitrogen and oxygen atoms in total. The molecule has 0 saturated heterocycles. The van der Waals surface area contributed by atoms with E-state index in [4.69, 9.17) is 9.15 Å². The Bertz CT molecular complexity index is 1100. The molecule has 2 heterocycles. The maximum Gasteiger partial charge on any atom is 0.293 e. The first-order valence-electron chi connectivity index (χ1n) is 8.18. The summed E-state index contributed by atoms with van der Waals surface area (Å²) in [6.45, 7) is 0.293. The number of rotatable bonds is 5. The van der Waals surface area contributed by atoms with Crippen LogP contribution in [0.1, 0.15) is 16.1 Å². The van der Waals surface area contributed by atoms with Crippen molar-refractivity contribution in [2.45, 2.75) is 6.61 Å². The molecule has 1 amide bonds. The average molecular weight is 443 g/mol. The number of aromatic nitrogens is 1. The molecule has 4 aromatic rings. The van der Waals surface area contributed by atoms with Gasteiger partial charge in [0.15, 0.2) is 10.9 Å². The molecular weight excluding hydrogens is 428 g/mol. The Morgan fingerprint density at radius 3 is 2.78 bits per heavy atom. The number of halogens is 1. The van der Waals surface area contributed by atoms with Crippen LogP contribution >= 0.6 is 27.3 Å². The van der Waals surface area contributed by atoms with Crippen molar-refractivity contribution in [2.75, 3.05) is 12.4 Å². The zero-order chi connectivity index (χ0) is 18.8. The van der Waals surface area contributed by atoms with Crippen LogP contribution in [0.15, 0.2) is 62.8 Å². The molecule has 0 atom stereocenters. The standard InChI is InChI=1S/C20H15BrN2O3S/c1-25-10-15-14-4-2-3-5-17(14)26-18(15)19(24)23-20-22-16(11-27-20)12-6-8-13(21)9-7-12/h2-9,11H,10H2,1H3,(H,22,23,24). The number of nitrogens with one attached hydrogen (secondary N) is 1. The molecule has 0 fully saturated rings. The summed E-state index contributed by atoms with van der Waals surface area (Å²) < 4.78 is 12.0. The first kappa shape index (κ1) is 17.9. The summed E-state index contributed by atoms with van der Waals surface area (Å²) in [5, 5.41) is 6.13. The van der Waals surface area contributed by atoms with Crippen molar-refractivity contribution in [1.82, 2.24) is 4.98 Å². The van der Waals surface area contributed by atoms with Gasteiger partial charge in [0.2, 0.25) is 0 Å². The number of methoxy groups -OCH3 is 1. The van der Waals surface area contributed by atoms with Crippen LogP contribution in [0.5, 0.6) is 0 Å². The second-order valence-corrected chi connectivity index (χ2v) is 7.61. The van der Waals surface area contributed by atoms with E-state index in [9.17, 15) is 4.79 Å². The van der Waals surface area contributed by atoms with E-state index < -0.39 is 0 Å². The lowest BCUT2D eigenvalue weighted by atomic mass is 10.1. The molecule has 2 aromatic carbocycles. The number of thiazole rings is 1. The number of ether oxygens (including phenoxy) is 1. The Hall–Kier alpha value is -2.48. The molecule has 0 aliphatic carbocycles. The Kier molecular flexibility index (Phi) is 5.07. The summed E-state index contributed by atoms with van der Waals surface area (Å²) in [4.78, 5) is 17.3. The summed E-state index contributed by atoms with van der Waals surface area (Å²) in [6, 6.07) is 15.4. The van der Waals surface area contributed by atoms with Crippen LogP contribution < -0.4 is 5.32 Å². The lowest BCUT2D eigenvalue weighted by Gasteiger charge is -2.02. The quantitative estimate of drug-likeness (QED) is 0.429. The van der Waals surface area contributed by atoms with Gasteiger partial charge in [-0.3, -0.25) is 10.1 Å². The molecule has 1 N–H and O–H groups in total. The molecule has 0 unspecified atom stereocenters. The summed E-state index contributed by atoms with van der Waals surface area (Å²) in [5.41, 5.74) is 3.18. The van der Waals surface area contributed by atoms with Crippen LogP contribution in [0, 0.1) is 0 Å². The first-order chi connectivity index (χ1) is 13.2. The normalized spacial score (nSPS) is 11.0. The monoisotopic (exact) mass is 442 g/mol. The largest absolute Gasteiger partial charge is 0.451 e. The molecule has 0 radical (unpaired) electrons. The molecule has 7 heteroatoms. The molecule has 0 aliphatic rings. The molecule has 4 rings (SSSR count). The topological polar surface area (TPSA) is 64.4 Å². The number of carbonyl (C=O) groups is 1. The highest BCUT2D eigenvalue weighted by Crippen LogP contribution is 2.29. The van der Waals surface area contributed by atoms with E-state index in [0.29, 0.717) is 17.3 Å². The minimum atomic E-state index is -0.338. The lowest BCUT2D eigenvalue weighted by Crippen LogP contribution is -2.13. The number of benzene rings is 2. The third-order valence-electron chi connectivity index (χ3n) is 4.06. The number of carbonyl (C=O) groups excluding carboxylic acids is 1.